The Kier molecular flexibility index (Phi) is 6.42. The zero-order valence-electron chi connectivity index (χ0n) is 13.9. The first kappa shape index (κ1) is 17.7. The molecule has 0 N–H and O–H groups in total. The third-order valence-corrected chi connectivity index (χ3v) is 22.0. The molecular formula is C17H35IP2. The van der Waals surface area contributed by atoms with Crippen LogP contribution < -0.4 is 0 Å². The molecule has 0 unspecified atom stereocenters. The van der Waals surface area contributed by atoms with Crippen LogP contribution in [0, 0.1) is 0 Å². The van der Waals surface area contributed by atoms with Crippen LogP contribution in [0.15, 0.2) is 11.6 Å². The van der Waals surface area contributed by atoms with E-state index in [0.29, 0.717) is 0 Å². The van der Waals surface area contributed by atoms with Gasteiger partial charge in [0.1, 0.15) is 0 Å². The Bertz CT molecular complexity index is 343. The molecule has 0 aliphatic carbocycles. The monoisotopic (exact) mass is 428 g/mol. The molecular weight excluding hydrogens is 393 g/mol. The van der Waals surface area contributed by atoms with Crippen LogP contribution in [0.2, 0.25) is 0 Å². The molecule has 0 saturated carbocycles. The third-order valence-electron chi connectivity index (χ3n) is 6.61. The van der Waals surface area contributed by atoms with E-state index in [9.17, 15) is 0 Å². The van der Waals surface area contributed by atoms with E-state index in [1.807, 2.05) is 0 Å². The van der Waals surface area contributed by atoms with E-state index < -0.39 is 12.2 Å². The molecule has 2 saturated heterocycles. The van der Waals surface area contributed by atoms with Crippen LogP contribution in [0.5, 0.6) is 0 Å². The van der Waals surface area contributed by atoms with Gasteiger partial charge in [-0.05, 0) is 0 Å². The summed E-state index contributed by atoms with van der Waals surface area (Å²) in [5, 5.41) is 0. The molecule has 0 aromatic rings. The Morgan fingerprint density at radius 3 is 1.95 bits per heavy atom. The Hall–Kier alpha value is 1.33. The van der Waals surface area contributed by atoms with Gasteiger partial charge < -0.3 is 0 Å². The maximum atomic E-state index is 2.93. The topological polar surface area (TPSA) is 0 Å². The van der Waals surface area contributed by atoms with Crippen LogP contribution >= 0.6 is 34.2 Å². The van der Waals surface area contributed by atoms with E-state index in [1.165, 1.54) is 44.9 Å². The second kappa shape index (κ2) is 7.27. The minimum absolute atomic E-state index is 1.07. The van der Waals surface area contributed by atoms with Gasteiger partial charge in [-0.15, -0.1) is 0 Å². The Morgan fingerprint density at radius 1 is 0.900 bits per heavy atom. The van der Waals surface area contributed by atoms with Crippen LogP contribution in [-0.2, 0) is 0 Å². The van der Waals surface area contributed by atoms with Crippen LogP contribution in [0.25, 0.3) is 0 Å². The standard InChI is InChI=1S/C17H35IP2/c1-5-15-10-11-16(6-2)19(15,4)13-14-20(18)12-8-9-17(20)7-3/h13-17,19-20H,5-12H2,1-4H3/b14-13-/t15-,16-,17-/m1/s1. The molecule has 0 radical (unpaired) electrons. The summed E-state index contributed by atoms with van der Waals surface area (Å²) in [5.74, 6) is 5.71. The first-order chi connectivity index (χ1) is 9.50. The summed E-state index contributed by atoms with van der Waals surface area (Å²) >= 11 is 2.93. The van der Waals surface area contributed by atoms with Crippen molar-refractivity contribution in [3.8, 4) is 0 Å². The molecule has 0 amide bonds. The van der Waals surface area contributed by atoms with Crippen molar-refractivity contribution in [1.82, 2.24) is 0 Å². The molecule has 0 aromatic carbocycles. The van der Waals surface area contributed by atoms with Crippen molar-refractivity contribution in [3.05, 3.63) is 11.6 Å². The summed E-state index contributed by atoms with van der Waals surface area (Å²) in [6, 6.07) is 0. The SMILES string of the molecule is CC[C@@H]1CCC[PH]1(I)/C=C\[PH]1(C)[C@H](CC)CC[C@H]1CC. The molecule has 2 heterocycles. The van der Waals surface area contributed by atoms with Crippen molar-refractivity contribution in [2.45, 2.75) is 82.7 Å². The summed E-state index contributed by atoms with van der Waals surface area (Å²) in [4.78, 5) is -1.09. The van der Waals surface area contributed by atoms with Crippen molar-refractivity contribution >= 4 is 34.2 Å². The quantitative estimate of drug-likeness (QED) is 0.332. The molecule has 2 rings (SSSR count). The Morgan fingerprint density at radius 2 is 1.45 bits per heavy atom. The van der Waals surface area contributed by atoms with Crippen LogP contribution in [0.1, 0.15) is 65.7 Å². The van der Waals surface area contributed by atoms with Gasteiger partial charge in [0.05, 0.1) is 0 Å². The number of halogens is 1. The first-order valence-corrected chi connectivity index (χ1v) is 17.1. The molecule has 2 aliphatic rings. The molecule has 20 heavy (non-hydrogen) atoms. The van der Waals surface area contributed by atoms with Gasteiger partial charge in [0, 0.05) is 0 Å². The van der Waals surface area contributed by atoms with Crippen LogP contribution in [0.4, 0.5) is 0 Å². The second-order valence-corrected chi connectivity index (χ2v) is 21.6. The van der Waals surface area contributed by atoms with Crippen LogP contribution in [0.3, 0.4) is 0 Å². The van der Waals surface area contributed by atoms with Gasteiger partial charge in [0.25, 0.3) is 0 Å². The molecule has 3 atom stereocenters. The Balaban J connectivity index is 2.19. The van der Waals surface area contributed by atoms with E-state index in [-0.39, 0.29) is 0 Å². The van der Waals surface area contributed by atoms with Gasteiger partial charge in [-0.1, -0.05) is 0 Å². The fraction of sp³-hybridized carbons (Fsp3) is 0.882. The van der Waals surface area contributed by atoms with Crippen LogP contribution in [-0.4, -0.2) is 29.8 Å². The summed E-state index contributed by atoms with van der Waals surface area (Å²) in [6.45, 7) is 10.00. The fourth-order valence-corrected chi connectivity index (χ4v) is 20.1. The summed E-state index contributed by atoms with van der Waals surface area (Å²) in [7, 11) is -1.15. The van der Waals surface area contributed by atoms with Crippen molar-refractivity contribution in [2.24, 2.45) is 0 Å². The summed E-state index contributed by atoms with van der Waals surface area (Å²) in [6.07, 6.45) is 11.9. The van der Waals surface area contributed by atoms with Crippen molar-refractivity contribution in [1.29, 1.82) is 0 Å². The van der Waals surface area contributed by atoms with E-state index in [1.54, 1.807) is 6.16 Å². The van der Waals surface area contributed by atoms with Gasteiger partial charge >= 0.3 is 141 Å². The normalized spacial score (nSPS) is 39.1. The average molecular weight is 428 g/mol. The molecule has 2 fully saturated rings. The van der Waals surface area contributed by atoms with Crippen molar-refractivity contribution in [3.63, 3.8) is 0 Å². The molecule has 0 nitrogen and oxygen atoms in total. The fourth-order valence-electron chi connectivity index (χ4n) is 5.06. The molecule has 0 aromatic heterocycles. The van der Waals surface area contributed by atoms with Gasteiger partial charge in [0.15, 0.2) is 0 Å². The van der Waals surface area contributed by atoms with E-state index in [0.717, 1.165) is 17.0 Å². The Labute approximate surface area is 141 Å². The molecule has 0 spiro atoms. The summed E-state index contributed by atoms with van der Waals surface area (Å²) in [5.41, 5.74) is 3.21. The third kappa shape index (κ3) is 3.30. The van der Waals surface area contributed by atoms with Crippen molar-refractivity contribution in [2.75, 3.05) is 12.8 Å². The van der Waals surface area contributed by atoms with E-state index >= 15 is 0 Å². The van der Waals surface area contributed by atoms with Crippen molar-refractivity contribution < 1.29 is 0 Å². The first-order valence-electron chi connectivity index (χ1n) is 8.89. The number of rotatable bonds is 5. The summed E-state index contributed by atoms with van der Waals surface area (Å²) < 4.78 is 0. The van der Waals surface area contributed by atoms with Gasteiger partial charge in [-0.3, -0.25) is 0 Å². The van der Waals surface area contributed by atoms with E-state index in [2.05, 4.69) is 61.1 Å². The molecule has 3 heteroatoms. The average Bonchev–Trinajstić information content (AvgIpc) is 2.97. The minimum atomic E-state index is -1.15. The zero-order valence-corrected chi connectivity index (χ0v) is 18.1. The zero-order chi connectivity index (χ0) is 14.8. The second-order valence-electron chi connectivity index (χ2n) is 7.41. The maximum absolute atomic E-state index is 2.93. The predicted octanol–water partition coefficient (Wildman–Crippen LogP) is 6.86. The number of hydrogen-bond acceptors (Lipinski definition) is 0. The van der Waals surface area contributed by atoms with E-state index in [4.69, 9.17) is 0 Å². The van der Waals surface area contributed by atoms with Gasteiger partial charge in [-0.25, -0.2) is 0 Å². The predicted molar refractivity (Wildman–Crippen MR) is 111 cm³/mol. The molecule has 2 aliphatic heterocycles. The van der Waals surface area contributed by atoms with Gasteiger partial charge in [0.2, 0.25) is 0 Å². The molecule has 120 valence electrons. The molecule has 0 bridgehead atoms. The number of hydrogen-bond donors (Lipinski definition) is 0. The van der Waals surface area contributed by atoms with Gasteiger partial charge in [-0.2, -0.15) is 0 Å².